The van der Waals surface area contributed by atoms with E-state index in [1.54, 1.807) is 4.57 Å². The zero-order chi connectivity index (χ0) is 20.8. The fraction of sp³-hybridized carbons (Fsp3) is 0.250. The maximum absolute atomic E-state index is 13.5. The second kappa shape index (κ2) is 7.06. The van der Waals surface area contributed by atoms with Crippen LogP contribution in [0.25, 0.3) is 33.2 Å². The summed E-state index contributed by atoms with van der Waals surface area (Å²) in [6.45, 7) is 7.29. The van der Waals surface area contributed by atoms with Crippen LogP contribution in [0.5, 0.6) is 0 Å². The fourth-order valence-electron chi connectivity index (χ4n) is 3.99. The number of nitrogens with zero attached hydrogens (tertiary/aromatic N) is 5. The van der Waals surface area contributed by atoms with E-state index in [2.05, 4.69) is 26.0 Å². The van der Waals surface area contributed by atoms with E-state index >= 15 is 0 Å². The van der Waals surface area contributed by atoms with Gasteiger partial charge in [-0.25, -0.2) is 15.0 Å². The van der Waals surface area contributed by atoms with Gasteiger partial charge in [-0.15, -0.1) is 0 Å². The van der Waals surface area contributed by atoms with Crippen molar-refractivity contribution in [2.45, 2.75) is 33.9 Å². The van der Waals surface area contributed by atoms with E-state index < -0.39 is 0 Å². The first-order valence-corrected chi connectivity index (χ1v) is 10.2. The third-order valence-corrected chi connectivity index (χ3v) is 5.37. The predicted molar refractivity (Wildman–Crippen MR) is 120 cm³/mol. The van der Waals surface area contributed by atoms with Crippen molar-refractivity contribution >= 4 is 33.2 Å². The van der Waals surface area contributed by atoms with Crippen molar-refractivity contribution in [3.05, 3.63) is 76.3 Å². The number of aromatic nitrogens is 5. The van der Waals surface area contributed by atoms with Crippen molar-refractivity contribution in [2.75, 3.05) is 0 Å². The first kappa shape index (κ1) is 18.5. The van der Waals surface area contributed by atoms with Gasteiger partial charge in [-0.3, -0.25) is 9.36 Å². The Labute approximate surface area is 173 Å². The molecule has 0 aliphatic heterocycles. The normalized spacial score (nSPS) is 11.9. The first-order valence-electron chi connectivity index (χ1n) is 10.2. The molecule has 5 rings (SSSR count). The van der Waals surface area contributed by atoms with Crippen molar-refractivity contribution in [1.82, 2.24) is 24.1 Å². The van der Waals surface area contributed by atoms with E-state index in [9.17, 15) is 4.79 Å². The Morgan fingerprint density at radius 2 is 1.50 bits per heavy atom. The van der Waals surface area contributed by atoms with Gasteiger partial charge in [0.15, 0.2) is 11.3 Å². The molecule has 6 heteroatoms. The molecule has 3 aromatic heterocycles. The quantitative estimate of drug-likeness (QED) is 0.453. The number of hydrogen-bond donors (Lipinski definition) is 0. The molecule has 0 aliphatic rings. The van der Waals surface area contributed by atoms with Crippen LogP contribution in [-0.2, 0) is 13.1 Å². The average Bonchev–Trinajstić information content (AvgIpc) is 3.02. The zero-order valence-electron chi connectivity index (χ0n) is 17.3. The molecule has 2 aromatic carbocycles. The number of benzene rings is 2. The highest BCUT2D eigenvalue weighted by Crippen LogP contribution is 2.26. The van der Waals surface area contributed by atoms with Crippen molar-refractivity contribution in [3.63, 3.8) is 0 Å². The Bertz CT molecular complexity index is 1450. The molecule has 6 nitrogen and oxygen atoms in total. The third-order valence-electron chi connectivity index (χ3n) is 5.37. The summed E-state index contributed by atoms with van der Waals surface area (Å²) in [7, 11) is 0. The zero-order valence-corrected chi connectivity index (χ0v) is 17.3. The second-order valence-electron chi connectivity index (χ2n) is 8.12. The highest BCUT2D eigenvalue weighted by atomic mass is 16.1. The number of fused-ring (bicyclic) bond motifs is 4. The lowest BCUT2D eigenvalue weighted by molar-refractivity contribution is 0.497. The first-order chi connectivity index (χ1) is 14.5. The highest BCUT2D eigenvalue weighted by Gasteiger charge is 2.21. The number of rotatable bonds is 4. The largest absolute Gasteiger partial charge is 0.304 e. The molecular formula is C24H23N5O. The molecular weight excluding hydrogens is 374 g/mol. The van der Waals surface area contributed by atoms with Crippen LogP contribution >= 0.6 is 0 Å². The van der Waals surface area contributed by atoms with Crippen LogP contribution in [0.2, 0.25) is 0 Å². The second-order valence-corrected chi connectivity index (χ2v) is 8.12. The van der Waals surface area contributed by atoms with E-state index in [0.717, 1.165) is 16.6 Å². The maximum Gasteiger partial charge on any atom is 0.265 e. The molecule has 0 radical (unpaired) electrons. The minimum atomic E-state index is -0.0485. The van der Waals surface area contributed by atoms with Crippen molar-refractivity contribution < 1.29 is 0 Å². The van der Waals surface area contributed by atoms with Gasteiger partial charge in [-0.1, -0.05) is 56.3 Å². The summed E-state index contributed by atoms with van der Waals surface area (Å²) in [5.41, 5.74) is 4.62. The molecule has 150 valence electrons. The van der Waals surface area contributed by atoms with E-state index in [0.29, 0.717) is 47.0 Å². The van der Waals surface area contributed by atoms with Crippen LogP contribution in [0, 0.1) is 12.8 Å². The minimum Gasteiger partial charge on any atom is -0.304 e. The Hall–Kier alpha value is -3.54. The van der Waals surface area contributed by atoms with E-state index in [1.807, 2.05) is 54.0 Å². The number of aryl methyl sites for hydroxylation is 1. The molecule has 0 N–H and O–H groups in total. The standard InChI is InChI=1S/C24H23N5O/c1-15(2)13-28-16(3)25-22-20(24(28)30)21-23(27-19-12-8-7-11-18(19)26-21)29(22)14-17-9-5-4-6-10-17/h4-12,15H,13-14H2,1-3H3. The molecule has 0 spiro atoms. The molecule has 30 heavy (non-hydrogen) atoms. The molecule has 0 bridgehead atoms. The minimum absolute atomic E-state index is 0.0485. The molecule has 0 saturated heterocycles. The molecule has 0 saturated carbocycles. The lowest BCUT2D eigenvalue weighted by Gasteiger charge is -2.12. The SMILES string of the molecule is Cc1nc2c(c(=O)n1CC(C)C)c1nc3ccccc3nc1n2Cc1ccccc1. The summed E-state index contributed by atoms with van der Waals surface area (Å²) in [6, 6.07) is 17.9. The van der Waals surface area contributed by atoms with Crippen LogP contribution in [0.4, 0.5) is 0 Å². The third kappa shape index (κ3) is 2.96. The fourth-order valence-corrected chi connectivity index (χ4v) is 3.99. The maximum atomic E-state index is 13.5. The van der Waals surface area contributed by atoms with Crippen LogP contribution in [0.1, 0.15) is 25.2 Å². The topological polar surface area (TPSA) is 65.6 Å². The van der Waals surface area contributed by atoms with Gasteiger partial charge in [-0.2, -0.15) is 0 Å². The van der Waals surface area contributed by atoms with Gasteiger partial charge in [0, 0.05) is 6.54 Å². The lowest BCUT2D eigenvalue weighted by atomic mass is 10.2. The van der Waals surface area contributed by atoms with Crippen LogP contribution in [0.15, 0.2) is 59.4 Å². The van der Waals surface area contributed by atoms with Crippen LogP contribution in [0.3, 0.4) is 0 Å². The average molecular weight is 397 g/mol. The molecule has 0 fully saturated rings. The molecule has 0 amide bonds. The van der Waals surface area contributed by atoms with Gasteiger partial charge in [-0.05, 0) is 30.5 Å². The monoisotopic (exact) mass is 397 g/mol. The van der Waals surface area contributed by atoms with Gasteiger partial charge in [0.05, 0.1) is 17.6 Å². The van der Waals surface area contributed by atoms with Crippen molar-refractivity contribution in [2.24, 2.45) is 5.92 Å². The predicted octanol–water partition coefficient (Wildman–Crippen LogP) is 4.31. The van der Waals surface area contributed by atoms with Crippen molar-refractivity contribution in [1.29, 1.82) is 0 Å². The molecule has 5 aromatic rings. The molecule has 0 unspecified atom stereocenters. The summed E-state index contributed by atoms with van der Waals surface area (Å²) in [6.07, 6.45) is 0. The summed E-state index contributed by atoms with van der Waals surface area (Å²) in [5.74, 6) is 1.05. The Balaban J connectivity index is 1.90. The van der Waals surface area contributed by atoms with E-state index in [1.165, 1.54) is 0 Å². The Morgan fingerprint density at radius 3 is 2.20 bits per heavy atom. The molecule has 0 atom stereocenters. The van der Waals surface area contributed by atoms with Gasteiger partial charge >= 0.3 is 0 Å². The number of para-hydroxylation sites is 2. The van der Waals surface area contributed by atoms with Gasteiger partial charge in [0.2, 0.25) is 0 Å². The number of hydrogen-bond acceptors (Lipinski definition) is 4. The smallest absolute Gasteiger partial charge is 0.265 e. The van der Waals surface area contributed by atoms with Crippen molar-refractivity contribution in [3.8, 4) is 0 Å². The summed E-state index contributed by atoms with van der Waals surface area (Å²) in [4.78, 5) is 28.1. The summed E-state index contributed by atoms with van der Waals surface area (Å²) in [5, 5.41) is 0.547. The molecule has 0 aliphatic carbocycles. The summed E-state index contributed by atoms with van der Waals surface area (Å²) < 4.78 is 3.78. The molecule has 3 heterocycles. The van der Waals surface area contributed by atoms with Gasteiger partial charge in [0.25, 0.3) is 5.56 Å². The van der Waals surface area contributed by atoms with E-state index in [4.69, 9.17) is 15.0 Å². The Kier molecular flexibility index (Phi) is 4.35. The van der Waals surface area contributed by atoms with Crippen LogP contribution in [-0.4, -0.2) is 24.1 Å². The lowest BCUT2D eigenvalue weighted by Crippen LogP contribution is -2.26. The van der Waals surface area contributed by atoms with Gasteiger partial charge in [0.1, 0.15) is 16.7 Å². The highest BCUT2D eigenvalue weighted by molar-refractivity contribution is 6.04. The summed E-state index contributed by atoms with van der Waals surface area (Å²) >= 11 is 0. The van der Waals surface area contributed by atoms with Gasteiger partial charge < -0.3 is 4.57 Å². The van der Waals surface area contributed by atoms with E-state index in [-0.39, 0.29) is 5.56 Å². The Morgan fingerprint density at radius 1 is 0.833 bits per heavy atom. The van der Waals surface area contributed by atoms with Crippen LogP contribution < -0.4 is 5.56 Å².